The van der Waals surface area contributed by atoms with Crippen molar-refractivity contribution < 1.29 is 9.90 Å². The summed E-state index contributed by atoms with van der Waals surface area (Å²) in [4.78, 5) is 31.9. The van der Waals surface area contributed by atoms with Gasteiger partial charge in [0, 0.05) is 25.2 Å². The van der Waals surface area contributed by atoms with Crippen LogP contribution in [-0.4, -0.2) is 56.2 Å². The summed E-state index contributed by atoms with van der Waals surface area (Å²) < 4.78 is 1.84. The monoisotopic (exact) mass is 526 g/mol. The topological polar surface area (TPSA) is 81.6 Å². The van der Waals surface area contributed by atoms with Crippen molar-refractivity contribution in [2.75, 3.05) is 19.6 Å². The van der Waals surface area contributed by atoms with Gasteiger partial charge in [0.15, 0.2) is 0 Å². The number of nitrogens with zero attached hydrogens (tertiary/aromatic N) is 3. The van der Waals surface area contributed by atoms with E-state index >= 15 is 0 Å². The van der Waals surface area contributed by atoms with E-state index in [1.165, 1.54) is 11.1 Å². The van der Waals surface area contributed by atoms with Crippen molar-refractivity contribution in [1.82, 2.24) is 19.4 Å². The summed E-state index contributed by atoms with van der Waals surface area (Å²) >= 11 is 0. The van der Waals surface area contributed by atoms with Crippen LogP contribution in [0.3, 0.4) is 0 Å². The first-order valence-electron chi connectivity index (χ1n) is 14.1. The van der Waals surface area contributed by atoms with Crippen LogP contribution < -0.4 is 5.69 Å². The first-order chi connectivity index (χ1) is 19.1. The van der Waals surface area contributed by atoms with Crippen LogP contribution in [0.15, 0.2) is 89.7 Å². The van der Waals surface area contributed by atoms with E-state index in [1.54, 1.807) is 4.90 Å². The molecule has 1 aromatic heterocycles. The Bertz CT molecular complexity index is 1400. The number of imidazole rings is 1. The van der Waals surface area contributed by atoms with Crippen LogP contribution in [0.1, 0.15) is 49.3 Å². The van der Waals surface area contributed by atoms with Crippen LogP contribution in [0.25, 0.3) is 11.0 Å². The molecule has 7 heteroatoms. The smallest absolute Gasteiger partial charge is 0.407 e. The number of piperidine rings is 1. The summed E-state index contributed by atoms with van der Waals surface area (Å²) in [6.07, 6.45) is 4.24. The number of likely N-dealkylation sites (tertiary alicyclic amines) is 1. The average molecular weight is 527 g/mol. The van der Waals surface area contributed by atoms with Crippen molar-refractivity contribution in [3.8, 4) is 0 Å². The molecule has 1 fully saturated rings. The minimum absolute atomic E-state index is 0.0134. The molecule has 0 spiro atoms. The van der Waals surface area contributed by atoms with Gasteiger partial charge in [-0.05, 0) is 74.9 Å². The summed E-state index contributed by atoms with van der Waals surface area (Å²) in [5, 5.41) is 9.92. The van der Waals surface area contributed by atoms with Crippen molar-refractivity contribution in [2.24, 2.45) is 0 Å². The summed E-state index contributed by atoms with van der Waals surface area (Å²) in [6.45, 7) is 3.23. The van der Waals surface area contributed by atoms with Gasteiger partial charge < -0.3 is 15.0 Å². The molecule has 1 amide bonds. The van der Waals surface area contributed by atoms with Gasteiger partial charge in [-0.3, -0.25) is 9.47 Å². The van der Waals surface area contributed by atoms with E-state index in [1.807, 2.05) is 34.9 Å². The quantitative estimate of drug-likeness (QED) is 0.254. The van der Waals surface area contributed by atoms with Crippen LogP contribution in [0, 0.1) is 0 Å². The minimum atomic E-state index is -0.867. The summed E-state index contributed by atoms with van der Waals surface area (Å²) in [6, 6.07) is 28.7. The molecule has 2 heterocycles. The van der Waals surface area contributed by atoms with E-state index < -0.39 is 6.09 Å². The molecule has 1 saturated heterocycles. The van der Waals surface area contributed by atoms with Gasteiger partial charge in [-0.2, -0.15) is 0 Å². The number of nitrogens with one attached hydrogen (secondary N) is 1. The highest BCUT2D eigenvalue weighted by Crippen LogP contribution is 2.31. The summed E-state index contributed by atoms with van der Waals surface area (Å²) in [5.74, 6) is 0. The zero-order chi connectivity index (χ0) is 27.0. The van der Waals surface area contributed by atoms with E-state index in [0.29, 0.717) is 19.4 Å². The molecule has 0 saturated carbocycles. The molecule has 2 N–H and O–H groups in total. The lowest BCUT2D eigenvalue weighted by Gasteiger charge is -2.38. The van der Waals surface area contributed by atoms with E-state index in [9.17, 15) is 14.7 Å². The molecule has 4 aromatic rings. The Kier molecular flexibility index (Phi) is 8.78. The van der Waals surface area contributed by atoms with Gasteiger partial charge in [-0.1, -0.05) is 72.8 Å². The number of amides is 1. The normalized spacial score (nSPS) is 17.6. The first-order valence-corrected chi connectivity index (χ1v) is 14.1. The largest absolute Gasteiger partial charge is 0.465 e. The lowest BCUT2D eigenvalue weighted by molar-refractivity contribution is 0.0855. The average Bonchev–Trinajstić information content (AvgIpc) is 3.29. The van der Waals surface area contributed by atoms with Gasteiger partial charge >= 0.3 is 11.8 Å². The van der Waals surface area contributed by atoms with Gasteiger partial charge in [-0.25, -0.2) is 9.59 Å². The Morgan fingerprint density at radius 3 is 2.31 bits per heavy atom. The number of H-pyrrole nitrogens is 1. The van der Waals surface area contributed by atoms with Crippen LogP contribution in [0.2, 0.25) is 0 Å². The van der Waals surface area contributed by atoms with Crippen LogP contribution in [0.4, 0.5) is 4.79 Å². The lowest BCUT2D eigenvalue weighted by atomic mass is 9.93. The van der Waals surface area contributed by atoms with Gasteiger partial charge in [0.2, 0.25) is 0 Å². The third kappa shape index (κ3) is 6.79. The fourth-order valence-corrected chi connectivity index (χ4v) is 6.04. The van der Waals surface area contributed by atoms with Crippen molar-refractivity contribution in [1.29, 1.82) is 0 Å². The second-order valence-electron chi connectivity index (χ2n) is 10.6. The zero-order valence-corrected chi connectivity index (χ0v) is 22.4. The summed E-state index contributed by atoms with van der Waals surface area (Å²) in [7, 11) is 0. The standard InChI is InChI=1S/C32H38N4O3/c37-31-33-29-17-7-8-18-30(29)36(31)28-19-22-35(32(38)39)27(23-28)16-10-21-34(24-26-13-5-2-6-14-26)20-9-15-25-11-3-1-4-12-25/h1-8,11-14,17-18,27-28H,9-10,15-16,19-24H2,(H,33,37)(H,38,39). The third-order valence-corrected chi connectivity index (χ3v) is 7.97. The highest BCUT2D eigenvalue weighted by Gasteiger charge is 2.33. The number of carboxylic acid groups (broad SMARTS) is 1. The van der Waals surface area contributed by atoms with Gasteiger partial charge in [0.1, 0.15) is 0 Å². The molecule has 1 aliphatic heterocycles. The Morgan fingerprint density at radius 2 is 1.56 bits per heavy atom. The maximum Gasteiger partial charge on any atom is 0.407 e. The van der Waals surface area contributed by atoms with Crippen LogP contribution in [0.5, 0.6) is 0 Å². The van der Waals surface area contributed by atoms with E-state index in [2.05, 4.69) is 64.5 Å². The number of rotatable bonds is 11. The molecule has 204 valence electrons. The van der Waals surface area contributed by atoms with Gasteiger partial charge in [0.25, 0.3) is 0 Å². The SMILES string of the molecule is O=C(O)N1CCC(n2c(=O)[nH]c3ccccc32)CC1CCCN(CCCc1ccccc1)Cc1ccccc1. The van der Waals surface area contributed by atoms with Gasteiger partial charge in [-0.15, -0.1) is 0 Å². The molecule has 3 aromatic carbocycles. The number of hydrogen-bond acceptors (Lipinski definition) is 3. The van der Waals surface area contributed by atoms with Gasteiger partial charge in [0.05, 0.1) is 11.0 Å². The number of aromatic amines is 1. The third-order valence-electron chi connectivity index (χ3n) is 7.97. The van der Waals surface area contributed by atoms with Crippen molar-refractivity contribution in [3.63, 3.8) is 0 Å². The number of aromatic nitrogens is 2. The van der Waals surface area contributed by atoms with Crippen molar-refractivity contribution in [2.45, 2.75) is 57.2 Å². The molecule has 0 radical (unpaired) electrons. The predicted octanol–water partition coefficient (Wildman–Crippen LogP) is 5.93. The molecular formula is C32H38N4O3. The van der Waals surface area contributed by atoms with Crippen molar-refractivity contribution >= 4 is 17.1 Å². The fraction of sp³-hybridized carbons (Fsp3) is 0.375. The number of fused-ring (bicyclic) bond motifs is 1. The molecule has 0 aliphatic carbocycles. The molecular weight excluding hydrogens is 488 g/mol. The van der Waals surface area contributed by atoms with Crippen LogP contribution in [-0.2, 0) is 13.0 Å². The number of para-hydroxylation sites is 2. The number of benzene rings is 3. The molecule has 7 nitrogen and oxygen atoms in total. The second kappa shape index (κ2) is 12.8. The van der Waals surface area contributed by atoms with E-state index in [0.717, 1.165) is 56.4 Å². The second-order valence-corrected chi connectivity index (χ2v) is 10.6. The molecule has 39 heavy (non-hydrogen) atoms. The molecule has 5 rings (SSSR count). The molecule has 2 unspecified atom stereocenters. The number of aryl methyl sites for hydroxylation is 1. The highest BCUT2D eigenvalue weighted by atomic mass is 16.4. The number of carbonyl (C=O) groups is 1. The Labute approximate surface area is 229 Å². The fourth-order valence-electron chi connectivity index (χ4n) is 6.04. The molecule has 0 bridgehead atoms. The van der Waals surface area contributed by atoms with Crippen molar-refractivity contribution in [3.05, 3.63) is 107 Å². The highest BCUT2D eigenvalue weighted by molar-refractivity contribution is 5.75. The van der Waals surface area contributed by atoms with E-state index in [-0.39, 0.29) is 17.8 Å². The number of hydrogen-bond donors (Lipinski definition) is 2. The van der Waals surface area contributed by atoms with Crippen LogP contribution >= 0.6 is 0 Å². The Morgan fingerprint density at radius 1 is 0.897 bits per heavy atom. The maximum absolute atomic E-state index is 12.8. The Balaban J connectivity index is 1.23. The van der Waals surface area contributed by atoms with E-state index in [4.69, 9.17) is 0 Å². The summed E-state index contributed by atoms with van der Waals surface area (Å²) in [5.41, 5.74) is 4.25. The lowest BCUT2D eigenvalue weighted by Crippen LogP contribution is -2.47. The first kappa shape index (κ1) is 26.8. The zero-order valence-electron chi connectivity index (χ0n) is 22.4. The minimum Gasteiger partial charge on any atom is -0.465 e. The maximum atomic E-state index is 12.8. The molecule has 2 atom stereocenters. The Hall–Kier alpha value is -3.84. The predicted molar refractivity (Wildman–Crippen MR) is 155 cm³/mol. The molecule has 1 aliphatic rings.